The fourth-order valence-corrected chi connectivity index (χ4v) is 14.6. The topological polar surface area (TPSA) is 306 Å². The summed E-state index contributed by atoms with van der Waals surface area (Å²) >= 11 is 0. The minimum absolute atomic E-state index is 0.0634. The summed E-state index contributed by atoms with van der Waals surface area (Å²) in [6.07, 6.45) is 3.78. The van der Waals surface area contributed by atoms with Crippen molar-refractivity contribution in [2.24, 2.45) is 11.3 Å². The molecular formula is C80H86N10O16. The number of benzene rings is 6. The molecule has 1 unspecified atom stereocenters. The number of aliphatic hydroxyl groups is 1. The molecule has 1 spiro atoms. The molecule has 6 heterocycles. The van der Waals surface area contributed by atoms with Gasteiger partial charge in [-0.3, -0.25) is 38.4 Å². The Balaban J connectivity index is 0.590. The third-order valence-corrected chi connectivity index (χ3v) is 20.9. The standard InChI is InChI=1S/C80H86N10O16/c1-6-48(2)73(85-74(95)62-17-11-32-86(62)72(94)43-83-70(92)42-82-69(91)28-29-71(93)88-44-53-15-8-7-13-50(53)20-21-52-14-9-10-16-61(52)88)75(96)84-55-24-18-49(19-25-55)46-106-79(100)90-63-39-68(66(103-5)37-59(63)77(98)89-47-80(30-31-80)40-64(89)78(90)99)105-34-12-33-104-67-38-60-58(36-65(67)102-4)76(97)87-45-54(35-56(87)41-81-60)51-22-26-57(101-3)27-23-51/h7-10,13-16,18-19,22-27,36-39,45,48,56,62,64,73,78,81,99H,6,11-12,17,28-35,40-44,46-47H2,1-5H3,(H,82,91)(H,83,92)(H,84,96)(H,85,95)/t48-,56-,62+,64-,73-,78?/m0/s1. The lowest BCUT2D eigenvalue weighted by molar-refractivity contribution is -0.139. The number of hydrogen-bond acceptors (Lipinski definition) is 17. The van der Waals surface area contributed by atoms with E-state index >= 15 is 0 Å². The molecule has 3 fully saturated rings. The first-order valence-electron chi connectivity index (χ1n) is 35.9. The summed E-state index contributed by atoms with van der Waals surface area (Å²) in [5, 5.41) is 26.5. The van der Waals surface area contributed by atoms with Gasteiger partial charge in [-0.1, -0.05) is 86.7 Å². The van der Waals surface area contributed by atoms with Crippen molar-refractivity contribution >= 4 is 81.7 Å². The van der Waals surface area contributed by atoms with Crippen molar-refractivity contribution in [1.29, 1.82) is 0 Å². The Morgan fingerprint density at radius 3 is 2.16 bits per heavy atom. The average molecular weight is 1440 g/mol. The fraction of sp³-hybridized carbons (Fsp3) is 0.388. The number of methoxy groups -OCH3 is 3. The monoisotopic (exact) mass is 1440 g/mol. The van der Waals surface area contributed by atoms with Crippen LogP contribution in [-0.4, -0.2) is 171 Å². The summed E-state index contributed by atoms with van der Waals surface area (Å²) < 4.78 is 35.3. The quantitative estimate of drug-likeness (QED) is 0.0233. The number of rotatable bonds is 25. The van der Waals surface area contributed by atoms with Gasteiger partial charge in [0.1, 0.15) is 24.4 Å². The normalized spacial score (nSPS) is 19.0. The van der Waals surface area contributed by atoms with E-state index < -0.39 is 73.1 Å². The summed E-state index contributed by atoms with van der Waals surface area (Å²) in [6.45, 7) is 4.23. The van der Waals surface area contributed by atoms with Gasteiger partial charge in [0.2, 0.25) is 35.4 Å². The molecule has 7 aliphatic rings. The van der Waals surface area contributed by atoms with Crippen molar-refractivity contribution in [2.75, 3.05) is 87.7 Å². The zero-order valence-corrected chi connectivity index (χ0v) is 59.8. The average Bonchev–Trinajstić information content (AvgIpc) is 1.56. The summed E-state index contributed by atoms with van der Waals surface area (Å²) in [5.41, 5.74) is 7.03. The first-order chi connectivity index (χ1) is 51.3. The van der Waals surface area contributed by atoms with Gasteiger partial charge in [0.25, 0.3) is 11.8 Å². The number of carbonyl (C=O) groups is 9. The van der Waals surface area contributed by atoms with Crippen molar-refractivity contribution in [2.45, 2.75) is 122 Å². The summed E-state index contributed by atoms with van der Waals surface area (Å²) in [7, 11) is 4.58. The highest BCUT2D eigenvalue weighted by molar-refractivity contribution is 6.07. The van der Waals surface area contributed by atoms with Gasteiger partial charge in [0.15, 0.2) is 29.2 Å². The van der Waals surface area contributed by atoms with E-state index in [-0.39, 0.29) is 104 Å². The molecule has 6 aliphatic heterocycles. The second kappa shape index (κ2) is 31.8. The summed E-state index contributed by atoms with van der Waals surface area (Å²) in [5.74, 6) is 4.37. The van der Waals surface area contributed by atoms with Gasteiger partial charge in [-0.05, 0) is 127 Å². The number of nitrogens with one attached hydrogen (secondary N) is 5. The lowest BCUT2D eigenvalue weighted by Crippen LogP contribution is -2.55. The van der Waals surface area contributed by atoms with Crippen LogP contribution in [0.3, 0.4) is 0 Å². The molecule has 1 saturated carbocycles. The number of hydrogen-bond donors (Lipinski definition) is 6. The first kappa shape index (κ1) is 72.8. The van der Waals surface area contributed by atoms with Gasteiger partial charge in [-0.15, -0.1) is 0 Å². The number of amides is 9. The fourth-order valence-electron chi connectivity index (χ4n) is 14.6. The highest BCUT2D eigenvalue weighted by Crippen LogP contribution is 2.57. The van der Waals surface area contributed by atoms with Crippen molar-refractivity contribution in [3.63, 3.8) is 0 Å². The third kappa shape index (κ3) is 15.8. The molecule has 13 rings (SSSR count). The zero-order chi connectivity index (χ0) is 74.3. The molecule has 0 aromatic heterocycles. The number of nitrogens with zero attached hydrogens (tertiary/aromatic N) is 5. The molecule has 6 N–H and O–H groups in total. The van der Waals surface area contributed by atoms with Crippen LogP contribution in [0.2, 0.25) is 0 Å². The number of fused-ring (bicyclic) bond motifs is 6. The smallest absolute Gasteiger partial charge is 0.416 e. The van der Waals surface area contributed by atoms with E-state index in [0.29, 0.717) is 96.9 Å². The summed E-state index contributed by atoms with van der Waals surface area (Å²) in [6, 6.07) is 32.9. The number of carbonyl (C=O) groups excluding carboxylic acids is 9. The largest absolute Gasteiger partial charge is 0.497 e. The van der Waals surface area contributed by atoms with Crippen LogP contribution in [0.1, 0.15) is 127 Å². The Hall–Kier alpha value is -11.6. The van der Waals surface area contributed by atoms with Crippen molar-refractivity contribution in [3.05, 3.63) is 166 Å². The van der Waals surface area contributed by atoms with Gasteiger partial charge in [0, 0.05) is 74.0 Å². The van der Waals surface area contributed by atoms with Gasteiger partial charge in [-0.25, -0.2) is 9.69 Å². The summed E-state index contributed by atoms with van der Waals surface area (Å²) in [4.78, 5) is 132. The van der Waals surface area contributed by atoms with E-state index in [9.17, 15) is 48.3 Å². The molecular weight excluding hydrogens is 1360 g/mol. The van der Waals surface area contributed by atoms with Crippen molar-refractivity contribution < 1.29 is 76.7 Å². The maximum Gasteiger partial charge on any atom is 0.416 e. The number of aliphatic hydroxyl groups excluding tert-OH is 1. The Kier molecular flexibility index (Phi) is 21.8. The Morgan fingerprint density at radius 1 is 0.736 bits per heavy atom. The first-order valence-corrected chi connectivity index (χ1v) is 35.9. The van der Waals surface area contributed by atoms with E-state index in [1.54, 1.807) is 58.2 Å². The molecule has 0 radical (unpaired) electrons. The minimum Gasteiger partial charge on any atom is -0.497 e. The highest BCUT2D eigenvalue weighted by atomic mass is 16.6. The number of para-hydroxylation sites is 1. The van der Waals surface area contributed by atoms with E-state index in [4.69, 9.17) is 28.4 Å². The third-order valence-electron chi connectivity index (χ3n) is 20.9. The predicted molar refractivity (Wildman–Crippen MR) is 392 cm³/mol. The Labute approximate surface area is 614 Å². The van der Waals surface area contributed by atoms with Gasteiger partial charge >= 0.3 is 6.09 Å². The molecule has 1 aliphatic carbocycles. The van der Waals surface area contributed by atoms with Crippen LogP contribution in [0.15, 0.2) is 128 Å². The lowest BCUT2D eigenvalue weighted by Gasteiger charge is -2.31. The Bertz CT molecular complexity index is 4510. The molecule has 26 heteroatoms. The molecule has 2 saturated heterocycles. The lowest BCUT2D eigenvalue weighted by atomic mass is 9.97. The van der Waals surface area contributed by atoms with Crippen LogP contribution in [-0.2, 0) is 46.7 Å². The molecule has 26 nitrogen and oxygen atoms in total. The molecule has 9 amide bonds. The number of ether oxygens (including phenoxy) is 6. The predicted octanol–water partition coefficient (Wildman–Crippen LogP) is 8.13. The van der Waals surface area contributed by atoms with Crippen LogP contribution in [0.5, 0.6) is 28.7 Å². The van der Waals surface area contributed by atoms with E-state index in [0.717, 1.165) is 45.8 Å². The van der Waals surface area contributed by atoms with Crippen LogP contribution in [0, 0.1) is 23.2 Å². The van der Waals surface area contributed by atoms with Gasteiger partial charge < -0.3 is 79.7 Å². The molecule has 0 bridgehead atoms. The van der Waals surface area contributed by atoms with E-state index in [1.165, 1.54) is 31.3 Å². The maximum atomic E-state index is 14.6. The van der Waals surface area contributed by atoms with E-state index in [1.807, 2.05) is 92.8 Å². The van der Waals surface area contributed by atoms with Crippen molar-refractivity contribution in [1.82, 2.24) is 30.7 Å². The molecule has 6 aromatic rings. The zero-order valence-electron chi connectivity index (χ0n) is 59.8. The van der Waals surface area contributed by atoms with Crippen LogP contribution in [0.4, 0.5) is 27.5 Å². The molecule has 106 heavy (non-hydrogen) atoms. The van der Waals surface area contributed by atoms with E-state index in [2.05, 4.69) is 38.4 Å². The van der Waals surface area contributed by atoms with Crippen LogP contribution < -0.4 is 60.1 Å². The molecule has 6 aromatic carbocycles. The van der Waals surface area contributed by atoms with Crippen LogP contribution in [0.25, 0.3) is 5.57 Å². The highest BCUT2D eigenvalue weighted by Gasteiger charge is 2.58. The van der Waals surface area contributed by atoms with Gasteiger partial charge in [-0.2, -0.15) is 0 Å². The second-order valence-electron chi connectivity index (χ2n) is 27.8. The van der Waals surface area contributed by atoms with Gasteiger partial charge in [0.05, 0.1) is 94.5 Å². The van der Waals surface area contributed by atoms with Crippen LogP contribution >= 0.6 is 0 Å². The maximum absolute atomic E-state index is 14.6. The second-order valence-corrected chi connectivity index (χ2v) is 27.8. The number of anilines is 4. The SMILES string of the molecule is CC[C@H](C)[C@H](NC(=O)[C@H]1CCCN1C(=O)CNC(=O)CNC(=O)CCC(=O)N1Cc2ccccc2C#Cc2ccccc21)C(=O)Nc1ccc(COC(=O)N2c3cc(OCCCOc4cc5c(cc4OC)C(=O)N4C=C(c6ccc(OC)cc6)C[C@H]4CN5)c(OC)cc3C(=O)N3CC4(CC4)C[C@H]3C2O)cc1. The minimum atomic E-state index is -1.50. The van der Waals surface area contributed by atoms with Crippen molar-refractivity contribution in [3.8, 4) is 40.6 Å². The molecule has 6 atom stereocenters. The Morgan fingerprint density at radius 2 is 1.43 bits per heavy atom. The molecule has 552 valence electrons. The number of likely N-dealkylation sites (tertiary alicyclic amines) is 1.